The van der Waals surface area contributed by atoms with Gasteiger partial charge in [-0.25, -0.2) is 0 Å². The molecule has 5 N–H and O–H groups in total. The van der Waals surface area contributed by atoms with Gasteiger partial charge in [0.05, 0.1) is 11.0 Å². The Kier molecular flexibility index (Phi) is 11.9. The molecule has 1 heterocycles. The van der Waals surface area contributed by atoms with Crippen molar-refractivity contribution in [3.63, 3.8) is 0 Å². The third-order valence-electron chi connectivity index (χ3n) is 6.33. The molecule has 200 valence electrons. The molecule has 0 amide bonds. The predicted molar refractivity (Wildman–Crippen MR) is 155 cm³/mol. The van der Waals surface area contributed by atoms with Gasteiger partial charge >= 0.3 is 0 Å². The summed E-state index contributed by atoms with van der Waals surface area (Å²) in [7, 11) is 0. The summed E-state index contributed by atoms with van der Waals surface area (Å²) in [5.74, 6) is 1.71. The van der Waals surface area contributed by atoms with Crippen LogP contribution in [0.2, 0.25) is 0 Å². The molecule has 1 aliphatic heterocycles. The number of fused-ring (bicyclic) bond motifs is 1. The maximum absolute atomic E-state index is 10.0. The first-order chi connectivity index (χ1) is 16.6. The van der Waals surface area contributed by atoms with Crippen molar-refractivity contribution in [2.24, 2.45) is 5.73 Å². The Morgan fingerprint density at radius 1 is 1.00 bits per heavy atom. The quantitative estimate of drug-likeness (QED) is 0.252. The molecule has 0 radical (unpaired) electrons. The molecule has 3 rings (SSSR count). The van der Waals surface area contributed by atoms with Crippen molar-refractivity contribution in [1.29, 1.82) is 0 Å². The van der Waals surface area contributed by atoms with Gasteiger partial charge in [0.15, 0.2) is 0 Å². The van der Waals surface area contributed by atoms with E-state index in [1.165, 1.54) is 22.9 Å². The SMILES string of the molecule is CC=C(C)C.Cc1c(C)c2c(c(C)c1O)CCC(C)(C)O2.Cc1cc(/C=C(/N)SCO)cc(C)c1O. The van der Waals surface area contributed by atoms with Crippen molar-refractivity contribution in [3.8, 4) is 17.2 Å². The monoisotopic (exact) mass is 515 g/mol. The molecule has 1 aliphatic rings. The van der Waals surface area contributed by atoms with Gasteiger partial charge in [-0.1, -0.05) is 23.4 Å². The Labute approximate surface area is 222 Å². The van der Waals surface area contributed by atoms with Gasteiger partial charge < -0.3 is 25.8 Å². The van der Waals surface area contributed by atoms with Gasteiger partial charge in [0.1, 0.15) is 22.8 Å². The number of aryl methyl sites for hydroxylation is 2. The number of thioether (sulfide) groups is 1. The molecule has 0 unspecified atom stereocenters. The second kappa shape index (κ2) is 13.7. The minimum atomic E-state index is -0.0897. The zero-order valence-electron chi connectivity index (χ0n) is 23.7. The average Bonchev–Trinajstić information content (AvgIpc) is 2.80. The summed E-state index contributed by atoms with van der Waals surface area (Å²) in [6.45, 7) is 20.1. The fourth-order valence-corrected chi connectivity index (χ4v) is 4.08. The largest absolute Gasteiger partial charge is 0.507 e. The number of aromatic hydroxyl groups is 2. The minimum absolute atomic E-state index is 0.0294. The summed E-state index contributed by atoms with van der Waals surface area (Å²) in [5.41, 5.74) is 13.7. The fourth-order valence-electron chi connectivity index (χ4n) is 3.71. The highest BCUT2D eigenvalue weighted by Crippen LogP contribution is 2.43. The van der Waals surface area contributed by atoms with Crippen molar-refractivity contribution < 1.29 is 20.1 Å². The first-order valence-corrected chi connectivity index (χ1v) is 13.2. The summed E-state index contributed by atoms with van der Waals surface area (Å²) < 4.78 is 6.06. The lowest BCUT2D eigenvalue weighted by atomic mass is 9.88. The molecule has 0 aromatic heterocycles. The fraction of sp³-hybridized carbons (Fsp3) is 0.467. The predicted octanol–water partition coefficient (Wildman–Crippen LogP) is 7.34. The molecule has 0 bridgehead atoms. The Morgan fingerprint density at radius 3 is 2.00 bits per heavy atom. The van der Waals surface area contributed by atoms with Gasteiger partial charge in [-0.05, 0) is 134 Å². The van der Waals surface area contributed by atoms with E-state index in [1.54, 1.807) is 6.08 Å². The van der Waals surface area contributed by atoms with Crippen molar-refractivity contribution in [2.75, 3.05) is 5.94 Å². The number of nitrogens with two attached hydrogens (primary N) is 1. The Bertz CT molecular complexity index is 1090. The maximum atomic E-state index is 10.0. The number of hydrogen-bond acceptors (Lipinski definition) is 6. The number of aliphatic hydroxyl groups is 1. The van der Waals surface area contributed by atoms with Crippen LogP contribution in [0.15, 0.2) is 28.8 Å². The zero-order chi connectivity index (χ0) is 27.8. The normalized spacial score (nSPS) is 13.8. The van der Waals surface area contributed by atoms with Crippen molar-refractivity contribution in [2.45, 2.75) is 87.7 Å². The maximum Gasteiger partial charge on any atom is 0.127 e. The van der Waals surface area contributed by atoms with Crippen LogP contribution >= 0.6 is 11.8 Å². The third kappa shape index (κ3) is 8.82. The van der Waals surface area contributed by atoms with E-state index >= 15 is 0 Å². The van der Waals surface area contributed by atoms with Crippen LogP contribution in [0.1, 0.15) is 80.0 Å². The van der Waals surface area contributed by atoms with Gasteiger partial charge in [0.25, 0.3) is 0 Å². The van der Waals surface area contributed by atoms with Crippen LogP contribution in [-0.4, -0.2) is 26.9 Å². The van der Waals surface area contributed by atoms with E-state index in [2.05, 4.69) is 33.8 Å². The van der Waals surface area contributed by atoms with Crippen molar-refractivity contribution in [1.82, 2.24) is 0 Å². The van der Waals surface area contributed by atoms with E-state index in [-0.39, 0.29) is 11.5 Å². The van der Waals surface area contributed by atoms with E-state index < -0.39 is 0 Å². The number of ether oxygens (including phenoxy) is 1. The van der Waals surface area contributed by atoms with Crippen LogP contribution in [0.4, 0.5) is 0 Å². The van der Waals surface area contributed by atoms with Gasteiger partial charge in [-0.2, -0.15) is 0 Å². The molecule has 0 fully saturated rings. The Balaban J connectivity index is 0.000000305. The number of benzene rings is 2. The summed E-state index contributed by atoms with van der Waals surface area (Å²) in [5, 5.41) is 28.8. The first-order valence-electron chi connectivity index (χ1n) is 12.3. The van der Waals surface area contributed by atoms with E-state index in [0.717, 1.165) is 52.0 Å². The van der Waals surface area contributed by atoms with Gasteiger partial charge in [-0.15, -0.1) is 0 Å². The molecular weight excluding hydrogens is 470 g/mol. The zero-order valence-corrected chi connectivity index (χ0v) is 24.5. The average molecular weight is 516 g/mol. The van der Waals surface area contributed by atoms with Gasteiger partial charge in [-0.3, -0.25) is 0 Å². The molecule has 0 atom stereocenters. The summed E-state index contributed by atoms with van der Waals surface area (Å²) in [6, 6.07) is 3.71. The summed E-state index contributed by atoms with van der Waals surface area (Å²) in [6.07, 6.45) is 5.85. The van der Waals surface area contributed by atoms with Crippen LogP contribution < -0.4 is 10.5 Å². The van der Waals surface area contributed by atoms with Crippen LogP contribution in [0.25, 0.3) is 6.08 Å². The second-order valence-electron chi connectivity index (χ2n) is 10.1. The Morgan fingerprint density at radius 2 is 1.53 bits per heavy atom. The highest BCUT2D eigenvalue weighted by molar-refractivity contribution is 8.02. The summed E-state index contributed by atoms with van der Waals surface area (Å²) >= 11 is 1.17. The second-order valence-corrected chi connectivity index (χ2v) is 11.1. The molecule has 0 saturated heterocycles. The Hall–Kier alpha value is -2.57. The van der Waals surface area contributed by atoms with Crippen molar-refractivity contribution in [3.05, 3.63) is 67.8 Å². The van der Waals surface area contributed by atoms with Crippen LogP contribution in [0, 0.1) is 34.6 Å². The first kappa shape index (κ1) is 31.5. The number of aliphatic hydroxyl groups excluding tert-OH is 1. The molecule has 5 nitrogen and oxygen atoms in total. The van der Waals surface area contributed by atoms with Gasteiger partial charge in [0.2, 0.25) is 0 Å². The van der Waals surface area contributed by atoms with E-state index in [4.69, 9.17) is 15.6 Å². The van der Waals surface area contributed by atoms with Crippen molar-refractivity contribution >= 4 is 17.8 Å². The van der Waals surface area contributed by atoms with E-state index in [0.29, 0.717) is 16.5 Å². The molecule has 2 aromatic carbocycles. The smallest absolute Gasteiger partial charge is 0.127 e. The number of phenolic OH excluding ortho intramolecular Hbond substituents is 2. The molecule has 6 heteroatoms. The van der Waals surface area contributed by atoms with Crippen LogP contribution in [-0.2, 0) is 6.42 Å². The highest BCUT2D eigenvalue weighted by Gasteiger charge is 2.30. The molecule has 0 saturated carbocycles. The standard InChI is InChI=1S/C14H20O2.C11H15NO2S.C5H10/c1-8-9(2)13-11(10(3)12(8)15)6-7-14(4,5)16-13;1-7-3-9(4-8(2)11(7)14)5-10(12)15-6-13;1-4-5(2)3/h15H,6-7H2,1-5H3;3-5,13-14H,6,12H2,1-2H3;4H,1-3H3/b;10-5-;. The lowest BCUT2D eigenvalue weighted by Crippen LogP contribution is -2.33. The van der Waals surface area contributed by atoms with Crippen LogP contribution in [0.5, 0.6) is 17.2 Å². The number of phenols is 2. The third-order valence-corrected chi connectivity index (χ3v) is 6.91. The van der Waals surface area contributed by atoms with E-state index in [9.17, 15) is 10.2 Å². The molecule has 0 spiro atoms. The van der Waals surface area contributed by atoms with Crippen LogP contribution in [0.3, 0.4) is 0 Å². The number of hydrogen-bond donors (Lipinski definition) is 4. The topological polar surface area (TPSA) is 95.9 Å². The highest BCUT2D eigenvalue weighted by atomic mass is 32.2. The molecule has 2 aromatic rings. The minimum Gasteiger partial charge on any atom is -0.507 e. The molecular formula is C30H45NO4S. The van der Waals surface area contributed by atoms with Gasteiger partial charge in [0, 0.05) is 5.56 Å². The summed E-state index contributed by atoms with van der Waals surface area (Å²) in [4.78, 5) is 0. The van der Waals surface area contributed by atoms with E-state index in [1.807, 2.05) is 53.7 Å². The molecule has 0 aliphatic carbocycles. The molecule has 36 heavy (non-hydrogen) atoms. The number of rotatable bonds is 3. The lowest BCUT2D eigenvalue weighted by molar-refractivity contribution is 0.0831. The number of allylic oxidation sites excluding steroid dienone is 2. The lowest BCUT2D eigenvalue weighted by Gasteiger charge is -2.35.